The second kappa shape index (κ2) is 7.45. The van der Waals surface area contributed by atoms with E-state index in [0.29, 0.717) is 12.3 Å². The van der Waals surface area contributed by atoms with Gasteiger partial charge in [-0.1, -0.05) is 74.0 Å². The molecule has 0 saturated carbocycles. The van der Waals surface area contributed by atoms with Gasteiger partial charge in [0.05, 0.1) is 0 Å². The topological polar surface area (TPSA) is 20.3 Å². The molecular formula is C21H24NO. The molecule has 23 heavy (non-hydrogen) atoms. The van der Waals surface area contributed by atoms with Gasteiger partial charge in [-0.2, -0.15) is 0 Å². The van der Waals surface area contributed by atoms with E-state index in [1.54, 1.807) is 0 Å². The van der Waals surface area contributed by atoms with Crippen LogP contribution in [0, 0.1) is 11.8 Å². The molecule has 1 aliphatic heterocycles. The van der Waals surface area contributed by atoms with Crippen molar-refractivity contribution >= 4 is 5.91 Å². The molecule has 119 valence electrons. The van der Waals surface area contributed by atoms with Gasteiger partial charge in [0.2, 0.25) is 5.91 Å². The second-order valence-corrected chi connectivity index (χ2v) is 6.24. The van der Waals surface area contributed by atoms with Crippen molar-refractivity contribution in [3.8, 4) is 0 Å². The van der Waals surface area contributed by atoms with Crippen LogP contribution in [-0.2, 0) is 4.79 Å². The summed E-state index contributed by atoms with van der Waals surface area (Å²) in [6.07, 6.45) is 2.84. The van der Waals surface area contributed by atoms with E-state index in [2.05, 4.69) is 55.5 Å². The lowest BCUT2D eigenvalue weighted by molar-refractivity contribution is -0.127. The molecule has 1 aliphatic rings. The number of benzene rings is 2. The molecule has 1 atom stereocenters. The number of hydrogen-bond acceptors (Lipinski definition) is 1. The second-order valence-electron chi connectivity index (χ2n) is 6.24. The Hall–Kier alpha value is -2.09. The van der Waals surface area contributed by atoms with Crippen LogP contribution in [0.15, 0.2) is 60.7 Å². The molecule has 0 bridgehead atoms. The van der Waals surface area contributed by atoms with Crippen molar-refractivity contribution in [1.29, 1.82) is 0 Å². The zero-order valence-electron chi connectivity index (χ0n) is 13.7. The van der Waals surface area contributed by atoms with Crippen molar-refractivity contribution in [1.82, 2.24) is 4.90 Å². The van der Waals surface area contributed by atoms with Gasteiger partial charge in [0, 0.05) is 31.3 Å². The maximum absolute atomic E-state index is 12.4. The first kappa shape index (κ1) is 15.8. The van der Waals surface area contributed by atoms with Crippen LogP contribution in [0.1, 0.15) is 37.3 Å². The Morgan fingerprint density at radius 1 is 1.00 bits per heavy atom. The van der Waals surface area contributed by atoms with Gasteiger partial charge in [-0.3, -0.25) is 4.79 Å². The molecule has 0 aromatic heterocycles. The third kappa shape index (κ3) is 3.64. The predicted octanol–water partition coefficient (Wildman–Crippen LogP) is 4.31. The SMILES string of the molecule is CCCCN1CC([C](c2ccccc2)c2ccccc2)CC1=O. The van der Waals surface area contributed by atoms with E-state index >= 15 is 0 Å². The van der Waals surface area contributed by atoms with Gasteiger partial charge >= 0.3 is 0 Å². The molecule has 0 spiro atoms. The molecular weight excluding hydrogens is 282 g/mol. The lowest BCUT2D eigenvalue weighted by Crippen LogP contribution is -2.27. The van der Waals surface area contributed by atoms with Crippen LogP contribution in [0.3, 0.4) is 0 Å². The highest BCUT2D eigenvalue weighted by molar-refractivity contribution is 5.79. The lowest BCUT2D eigenvalue weighted by atomic mass is 9.80. The van der Waals surface area contributed by atoms with Crippen LogP contribution in [0.4, 0.5) is 0 Å². The molecule has 1 saturated heterocycles. The van der Waals surface area contributed by atoms with E-state index in [9.17, 15) is 4.79 Å². The highest BCUT2D eigenvalue weighted by Crippen LogP contribution is 2.36. The Morgan fingerprint density at radius 3 is 2.09 bits per heavy atom. The van der Waals surface area contributed by atoms with Crippen LogP contribution < -0.4 is 0 Å². The van der Waals surface area contributed by atoms with Crippen molar-refractivity contribution in [2.75, 3.05) is 13.1 Å². The lowest BCUT2D eigenvalue weighted by Gasteiger charge is -2.24. The number of carbonyl (C=O) groups excluding carboxylic acids is 1. The summed E-state index contributed by atoms with van der Waals surface area (Å²) in [4.78, 5) is 14.4. The summed E-state index contributed by atoms with van der Waals surface area (Å²) in [5.41, 5.74) is 2.46. The minimum absolute atomic E-state index is 0.282. The Morgan fingerprint density at radius 2 is 1.57 bits per heavy atom. The quantitative estimate of drug-likeness (QED) is 0.779. The van der Waals surface area contributed by atoms with Gasteiger partial charge in [-0.15, -0.1) is 0 Å². The van der Waals surface area contributed by atoms with Crippen molar-refractivity contribution < 1.29 is 4.79 Å². The smallest absolute Gasteiger partial charge is 0.222 e. The van der Waals surface area contributed by atoms with Gasteiger partial charge in [-0.05, 0) is 17.5 Å². The number of rotatable bonds is 6. The van der Waals surface area contributed by atoms with E-state index in [-0.39, 0.29) is 5.92 Å². The molecule has 3 rings (SSSR count). The van der Waals surface area contributed by atoms with Crippen LogP contribution in [0.2, 0.25) is 0 Å². The van der Waals surface area contributed by atoms with Crippen molar-refractivity contribution in [3.63, 3.8) is 0 Å². The number of likely N-dealkylation sites (tertiary alicyclic amines) is 1. The maximum Gasteiger partial charge on any atom is 0.222 e. The average molecular weight is 306 g/mol. The largest absolute Gasteiger partial charge is 0.342 e. The third-order valence-corrected chi connectivity index (χ3v) is 4.57. The van der Waals surface area contributed by atoms with Gasteiger partial charge in [0.15, 0.2) is 0 Å². The fourth-order valence-corrected chi connectivity index (χ4v) is 3.40. The van der Waals surface area contributed by atoms with E-state index < -0.39 is 0 Å². The zero-order chi connectivity index (χ0) is 16.1. The molecule has 2 aromatic carbocycles. The number of carbonyl (C=O) groups is 1. The standard InChI is InChI=1S/C21H24NO/c1-2-3-14-22-16-19(15-20(22)23)21(17-10-6-4-7-11-17)18-12-8-5-9-13-18/h4-13,19H,2-3,14-16H2,1H3. The first-order chi connectivity index (χ1) is 11.3. The maximum atomic E-state index is 12.4. The fraction of sp³-hybridized carbons (Fsp3) is 0.333. The van der Waals surface area contributed by atoms with E-state index in [0.717, 1.165) is 25.9 Å². The number of hydrogen-bond donors (Lipinski definition) is 0. The van der Waals surface area contributed by atoms with Crippen LogP contribution in [0.5, 0.6) is 0 Å². The molecule has 2 aromatic rings. The molecule has 1 amide bonds. The van der Waals surface area contributed by atoms with Crippen LogP contribution in [-0.4, -0.2) is 23.9 Å². The van der Waals surface area contributed by atoms with Crippen molar-refractivity contribution in [3.05, 3.63) is 77.7 Å². The molecule has 1 radical (unpaired) electrons. The van der Waals surface area contributed by atoms with Gasteiger partial charge in [-0.25, -0.2) is 0 Å². The molecule has 1 unspecified atom stereocenters. The summed E-state index contributed by atoms with van der Waals surface area (Å²) >= 11 is 0. The highest BCUT2D eigenvalue weighted by atomic mass is 16.2. The number of unbranched alkanes of at least 4 members (excludes halogenated alkanes) is 1. The van der Waals surface area contributed by atoms with E-state index in [4.69, 9.17) is 0 Å². The number of nitrogens with zero attached hydrogens (tertiary/aromatic N) is 1. The van der Waals surface area contributed by atoms with Gasteiger partial charge in [0.25, 0.3) is 0 Å². The minimum Gasteiger partial charge on any atom is -0.342 e. The zero-order valence-corrected chi connectivity index (χ0v) is 13.7. The monoisotopic (exact) mass is 306 g/mol. The van der Waals surface area contributed by atoms with E-state index in [1.165, 1.54) is 17.0 Å². The predicted molar refractivity (Wildman–Crippen MR) is 93.9 cm³/mol. The van der Waals surface area contributed by atoms with Crippen molar-refractivity contribution in [2.45, 2.75) is 26.2 Å². The molecule has 2 nitrogen and oxygen atoms in total. The first-order valence-electron chi connectivity index (χ1n) is 8.55. The summed E-state index contributed by atoms with van der Waals surface area (Å²) < 4.78 is 0. The van der Waals surface area contributed by atoms with Crippen LogP contribution in [0.25, 0.3) is 0 Å². The average Bonchev–Trinajstić information content (AvgIpc) is 2.95. The summed E-state index contributed by atoms with van der Waals surface area (Å²) in [5.74, 6) is 1.88. The van der Waals surface area contributed by atoms with E-state index in [1.807, 2.05) is 17.0 Å². The van der Waals surface area contributed by atoms with Gasteiger partial charge < -0.3 is 4.90 Å². The molecule has 1 fully saturated rings. The Labute approximate surface area is 139 Å². The fourth-order valence-electron chi connectivity index (χ4n) is 3.40. The van der Waals surface area contributed by atoms with Gasteiger partial charge in [0.1, 0.15) is 0 Å². The first-order valence-corrected chi connectivity index (χ1v) is 8.55. The normalized spacial score (nSPS) is 17.9. The highest BCUT2D eigenvalue weighted by Gasteiger charge is 2.36. The Kier molecular flexibility index (Phi) is 5.12. The molecule has 0 aliphatic carbocycles. The third-order valence-electron chi connectivity index (χ3n) is 4.57. The van der Waals surface area contributed by atoms with Crippen molar-refractivity contribution in [2.24, 2.45) is 5.92 Å². The summed E-state index contributed by atoms with van der Waals surface area (Å²) in [5, 5.41) is 0. The van der Waals surface area contributed by atoms with Crippen LogP contribution >= 0.6 is 0 Å². The Balaban J connectivity index is 1.87. The molecule has 1 heterocycles. The summed E-state index contributed by atoms with van der Waals surface area (Å²) in [7, 11) is 0. The molecule has 2 heteroatoms. The Bertz CT molecular complexity index is 583. The summed E-state index contributed by atoms with van der Waals surface area (Å²) in [6.45, 7) is 3.91. The summed E-state index contributed by atoms with van der Waals surface area (Å²) in [6, 6.07) is 21.0. The number of amides is 1. The minimum atomic E-state index is 0.282. The molecule has 0 N–H and O–H groups in total.